The van der Waals surface area contributed by atoms with Gasteiger partial charge in [-0.05, 0) is 44.0 Å². The first-order valence-electron chi connectivity index (χ1n) is 8.13. The van der Waals surface area contributed by atoms with Gasteiger partial charge >= 0.3 is 0 Å². The Morgan fingerprint density at radius 1 is 0.958 bits per heavy atom. The molecule has 126 valence electrons. The molecule has 0 atom stereocenters. The Bertz CT molecular complexity index is 821. The van der Waals surface area contributed by atoms with Gasteiger partial charge in [0.1, 0.15) is 0 Å². The van der Waals surface area contributed by atoms with Gasteiger partial charge in [-0.3, -0.25) is 4.79 Å². The van der Waals surface area contributed by atoms with E-state index in [2.05, 4.69) is 5.32 Å². The summed E-state index contributed by atoms with van der Waals surface area (Å²) in [5.41, 5.74) is 1.71. The monoisotopic (exact) mass is 343 g/mol. The summed E-state index contributed by atoms with van der Waals surface area (Å²) < 4.78 is 25.0. The van der Waals surface area contributed by atoms with E-state index in [4.69, 9.17) is 0 Å². The molecule has 5 heteroatoms. The topological polar surface area (TPSA) is 63.2 Å². The van der Waals surface area contributed by atoms with E-state index in [-0.39, 0.29) is 4.90 Å². The summed E-state index contributed by atoms with van der Waals surface area (Å²) in [6.45, 7) is 1.96. The highest BCUT2D eigenvalue weighted by molar-refractivity contribution is 7.93. The van der Waals surface area contributed by atoms with Crippen LogP contribution in [0.25, 0.3) is 0 Å². The molecule has 0 saturated heterocycles. The maximum atomic E-state index is 13.2. The molecule has 1 N–H and O–H groups in total. The van der Waals surface area contributed by atoms with Crippen molar-refractivity contribution < 1.29 is 13.2 Å². The lowest BCUT2D eigenvalue weighted by atomic mass is 10.1. The molecule has 1 aliphatic rings. The molecule has 0 unspecified atom stereocenters. The Morgan fingerprint density at radius 2 is 1.54 bits per heavy atom. The maximum Gasteiger partial charge on any atom is 0.246 e. The number of benzene rings is 2. The molecule has 4 nitrogen and oxygen atoms in total. The summed E-state index contributed by atoms with van der Waals surface area (Å²) >= 11 is 0. The molecule has 24 heavy (non-hydrogen) atoms. The Hall–Kier alpha value is -2.14. The van der Waals surface area contributed by atoms with Crippen LogP contribution in [0.2, 0.25) is 0 Å². The number of carbonyl (C=O) groups is 1. The van der Waals surface area contributed by atoms with Crippen LogP contribution in [0.4, 0.5) is 5.69 Å². The molecule has 1 saturated carbocycles. The van der Waals surface area contributed by atoms with Gasteiger partial charge < -0.3 is 5.32 Å². The summed E-state index contributed by atoms with van der Waals surface area (Å²) in [7, 11) is -3.74. The fourth-order valence-corrected chi connectivity index (χ4v) is 5.36. The van der Waals surface area contributed by atoms with Gasteiger partial charge in [-0.25, -0.2) is 8.42 Å². The number of nitrogens with one attached hydrogen (secondary N) is 1. The number of hydrogen-bond donors (Lipinski definition) is 1. The van der Waals surface area contributed by atoms with Gasteiger partial charge in [-0.1, -0.05) is 48.7 Å². The van der Waals surface area contributed by atoms with E-state index in [0.29, 0.717) is 18.5 Å². The first-order chi connectivity index (χ1) is 11.5. The van der Waals surface area contributed by atoms with Gasteiger partial charge in [0.15, 0.2) is 14.6 Å². The maximum absolute atomic E-state index is 13.2. The summed E-state index contributed by atoms with van der Waals surface area (Å²) in [5.74, 6) is -0.423. The highest BCUT2D eigenvalue weighted by atomic mass is 32.2. The van der Waals surface area contributed by atoms with Crippen LogP contribution in [0, 0.1) is 6.92 Å². The summed E-state index contributed by atoms with van der Waals surface area (Å²) in [6.07, 6.45) is 2.21. The summed E-state index contributed by atoms with van der Waals surface area (Å²) in [4.78, 5) is 13.2. The molecule has 0 aromatic heterocycles. The van der Waals surface area contributed by atoms with Crippen LogP contribution >= 0.6 is 0 Å². The zero-order valence-electron chi connectivity index (χ0n) is 13.7. The number of aryl methyl sites for hydroxylation is 1. The van der Waals surface area contributed by atoms with Crippen LogP contribution < -0.4 is 5.32 Å². The standard InChI is InChI=1S/C19H21NO3S/c1-15-9-11-16(12-10-15)20-18(21)19(13-5-6-14-19)24(22,23)17-7-3-2-4-8-17/h2-4,7-12H,5-6,13-14H2,1H3,(H,20,21). The number of rotatable bonds is 4. The van der Waals surface area contributed by atoms with Crippen molar-refractivity contribution in [3.8, 4) is 0 Å². The van der Waals surface area contributed by atoms with E-state index >= 15 is 0 Å². The van der Waals surface area contributed by atoms with Crippen molar-refractivity contribution >= 4 is 21.4 Å². The number of carbonyl (C=O) groups excluding carboxylic acids is 1. The van der Waals surface area contributed by atoms with Crippen molar-refractivity contribution in [2.75, 3.05) is 5.32 Å². The van der Waals surface area contributed by atoms with Crippen molar-refractivity contribution in [2.45, 2.75) is 42.2 Å². The van der Waals surface area contributed by atoms with Crippen molar-refractivity contribution in [3.63, 3.8) is 0 Å². The molecule has 3 rings (SSSR count). The number of sulfone groups is 1. The second-order valence-electron chi connectivity index (χ2n) is 6.34. The summed E-state index contributed by atoms with van der Waals surface area (Å²) in [6, 6.07) is 15.7. The highest BCUT2D eigenvalue weighted by Gasteiger charge is 2.52. The molecule has 0 bridgehead atoms. The van der Waals surface area contributed by atoms with Gasteiger partial charge in [0.25, 0.3) is 0 Å². The van der Waals surface area contributed by atoms with E-state index in [1.54, 1.807) is 42.5 Å². The minimum atomic E-state index is -3.74. The molecule has 2 aromatic rings. The molecule has 1 fully saturated rings. The van der Waals surface area contributed by atoms with Gasteiger partial charge in [-0.15, -0.1) is 0 Å². The third-order valence-corrected chi connectivity index (χ3v) is 7.22. The van der Waals surface area contributed by atoms with Crippen LogP contribution in [-0.2, 0) is 14.6 Å². The second kappa shape index (κ2) is 6.40. The lowest BCUT2D eigenvalue weighted by molar-refractivity contribution is -0.118. The lowest BCUT2D eigenvalue weighted by Crippen LogP contribution is -2.47. The van der Waals surface area contributed by atoms with E-state index in [1.807, 2.05) is 19.1 Å². The number of hydrogen-bond acceptors (Lipinski definition) is 3. The largest absolute Gasteiger partial charge is 0.325 e. The SMILES string of the molecule is Cc1ccc(NC(=O)C2(S(=O)(=O)c3ccccc3)CCCC2)cc1. The molecule has 1 aliphatic carbocycles. The van der Waals surface area contributed by atoms with Crippen molar-refractivity contribution in [2.24, 2.45) is 0 Å². The molecule has 0 spiro atoms. The average molecular weight is 343 g/mol. The first kappa shape index (κ1) is 16.7. The van der Waals surface area contributed by atoms with Gasteiger partial charge in [0.2, 0.25) is 5.91 Å². The highest BCUT2D eigenvalue weighted by Crippen LogP contribution is 2.41. The Kier molecular flexibility index (Phi) is 4.45. The van der Waals surface area contributed by atoms with Gasteiger partial charge in [0.05, 0.1) is 4.90 Å². The Morgan fingerprint density at radius 3 is 2.12 bits per heavy atom. The molecular weight excluding hydrogens is 322 g/mol. The van der Waals surface area contributed by atoms with E-state index in [1.165, 1.54) is 0 Å². The van der Waals surface area contributed by atoms with E-state index < -0.39 is 20.5 Å². The minimum Gasteiger partial charge on any atom is -0.325 e. The lowest BCUT2D eigenvalue weighted by Gasteiger charge is -2.27. The van der Waals surface area contributed by atoms with Crippen molar-refractivity contribution in [1.82, 2.24) is 0 Å². The van der Waals surface area contributed by atoms with Crippen LogP contribution in [0.15, 0.2) is 59.5 Å². The van der Waals surface area contributed by atoms with Gasteiger partial charge in [-0.2, -0.15) is 0 Å². The predicted octanol–water partition coefficient (Wildman–Crippen LogP) is 3.72. The molecule has 2 aromatic carbocycles. The van der Waals surface area contributed by atoms with Crippen LogP contribution in [0.5, 0.6) is 0 Å². The van der Waals surface area contributed by atoms with Gasteiger partial charge in [0, 0.05) is 5.69 Å². The molecule has 0 aliphatic heterocycles. The zero-order valence-corrected chi connectivity index (χ0v) is 14.5. The third-order valence-electron chi connectivity index (χ3n) is 4.70. The fraction of sp³-hybridized carbons (Fsp3) is 0.316. The normalized spacial score (nSPS) is 16.7. The van der Waals surface area contributed by atoms with Crippen LogP contribution in [0.3, 0.4) is 0 Å². The Labute approximate surface area is 142 Å². The van der Waals surface area contributed by atoms with Crippen molar-refractivity contribution in [3.05, 3.63) is 60.2 Å². The van der Waals surface area contributed by atoms with E-state index in [9.17, 15) is 13.2 Å². The number of amides is 1. The third kappa shape index (κ3) is 2.84. The Balaban J connectivity index is 1.96. The first-order valence-corrected chi connectivity index (χ1v) is 9.62. The van der Waals surface area contributed by atoms with Crippen LogP contribution in [0.1, 0.15) is 31.2 Å². The van der Waals surface area contributed by atoms with Crippen molar-refractivity contribution in [1.29, 1.82) is 0 Å². The quantitative estimate of drug-likeness (QED) is 0.920. The van der Waals surface area contributed by atoms with E-state index in [0.717, 1.165) is 18.4 Å². The summed E-state index contributed by atoms with van der Waals surface area (Å²) in [5, 5.41) is 2.81. The minimum absolute atomic E-state index is 0.214. The second-order valence-corrected chi connectivity index (χ2v) is 8.60. The average Bonchev–Trinajstić information content (AvgIpc) is 3.09. The fourth-order valence-electron chi connectivity index (χ4n) is 3.27. The molecule has 0 radical (unpaired) electrons. The smallest absolute Gasteiger partial charge is 0.246 e. The molecular formula is C19H21NO3S. The molecule has 1 amide bonds. The zero-order chi connectivity index (χ0) is 17.2. The predicted molar refractivity (Wildman–Crippen MR) is 94.6 cm³/mol. The van der Waals surface area contributed by atoms with Crippen LogP contribution in [-0.4, -0.2) is 19.1 Å². The number of anilines is 1. The molecule has 0 heterocycles.